The first kappa shape index (κ1) is 15.3. The number of rotatable bonds is 5. The van der Waals surface area contributed by atoms with Crippen molar-refractivity contribution < 1.29 is 4.74 Å². The van der Waals surface area contributed by atoms with E-state index in [2.05, 4.69) is 10.6 Å². The molecule has 0 spiro atoms. The molecule has 0 aliphatic heterocycles. The predicted molar refractivity (Wildman–Crippen MR) is 81.6 cm³/mol. The number of nitrogens with two attached hydrogens (primary N) is 1. The molecule has 0 heterocycles. The number of nitrogens with one attached hydrogen (secondary N) is 2. The molecule has 0 aliphatic rings. The first-order valence-electron chi connectivity index (χ1n) is 5.33. The molecule has 4 nitrogen and oxygen atoms in total. The lowest BCUT2D eigenvalue weighted by molar-refractivity contribution is 0.196. The Morgan fingerprint density at radius 2 is 2.00 bits per heavy atom. The minimum atomic E-state index is 0.364. The lowest BCUT2D eigenvalue weighted by Gasteiger charge is -2.12. The molecule has 0 atom stereocenters. The summed E-state index contributed by atoms with van der Waals surface area (Å²) in [7, 11) is 1.66. The van der Waals surface area contributed by atoms with Crippen molar-refractivity contribution in [2.45, 2.75) is 6.42 Å². The Balaban J connectivity index is 2.49. The Morgan fingerprint density at radius 1 is 1.39 bits per heavy atom. The highest BCUT2D eigenvalue weighted by Crippen LogP contribution is 2.30. The largest absolute Gasteiger partial charge is 0.396 e. The van der Waals surface area contributed by atoms with Gasteiger partial charge in [-0.3, -0.25) is 0 Å². The van der Waals surface area contributed by atoms with E-state index >= 15 is 0 Å². The normalized spacial score (nSPS) is 10.2. The predicted octanol–water partition coefficient (Wildman–Crippen LogP) is 2.90. The van der Waals surface area contributed by atoms with E-state index in [1.165, 1.54) is 0 Å². The quantitative estimate of drug-likeness (QED) is 0.443. The van der Waals surface area contributed by atoms with Gasteiger partial charge >= 0.3 is 0 Å². The fourth-order valence-corrected chi connectivity index (χ4v) is 1.96. The molecule has 1 rings (SSSR count). The Bertz CT molecular complexity index is 406. The molecule has 0 amide bonds. The maximum absolute atomic E-state index is 5.92. The highest BCUT2D eigenvalue weighted by molar-refractivity contribution is 7.80. The summed E-state index contributed by atoms with van der Waals surface area (Å²) in [5.74, 6) is 0. The van der Waals surface area contributed by atoms with Crippen LogP contribution in [0.4, 0.5) is 11.4 Å². The van der Waals surface area contributed by atoms with Crippen molar-refractivity contribution in [1.82, 2.24) is 5.32 Å². The van der Waals surface area contributed by atoms with Gasteiger partial charge in [0.15, 0.2) is 5.11 Å². The van der Waals surface area contributed by atoms with Gasteiger partial charge in [0.1, 0.15) is 0 Å². The second-order valence-electron chi connectivity index (χ2n) is 3.58. The smallest absolute Gasteiger partial charge is 0.170 e. The van der Waals surface area contributed by atoms with Crippen molar-refractivity contribution in [2.24, 2.45) is 0 Å². The maximum Gasteiger partial charge on any atom is 0.170 e. The van der Waals surface area contributed by atoms with Crippen LogP contribution in [0.3, 0.4) is 0 Å². The fourth-order valence-electron chi connectivity index (χ4n) is 1.25. The minimum Gasteiger partial charge on any atom is -0.396 e. The van der Waals surface area contributed by atoms with Crippen molar-refractivity contribution in [2.75, 3.05) is 31.3 Å². The first-order chi connectivity index (χ1) is 8.54. The van der Waals surface area contributed by atoms with Gasteiger partial charge in [-0.1, -0.05) is 23.2 Å². The van der Waals surface area contributed by atoms with Crippen molar-refractivity contribution >= 4 is 51.9 Å². The van der Waals surface area contributed by atoms with Gasteiger partial charge in [-0.15, -0.1) is 0 Å². The van der Waals surface area contributed by atoms with Crippen LogP contribution in [-0.4, -0.2) is 25.4 Å². The highest BCUT2D eigenvalue weighted by Gasteiger charge is 2.05. The molecule has 7 heteroatoms. The van der Waals surface area contributed by atoms with Crippen molar-refractivity contribution in [3.63, 3.8) is 0 Å². The third kappa shape index (κ3) is 4.86. The van der Waals surface area contributed by atoms with Gasteiger partial charge < -0.3 is 21.1 Å². The SMILES string of the molecule is COCCCNC(=S)Nc1cc(Cl)c(N)c(Cl)c1. The van der Waals surface area contributed by atoms with E-state index in [0.29, 0.717) is 33.1 Å². The van der Waals surface area contributed by atoms with Crippen LogP contribution in [0.15, 0.2) is 12.1 Å². The Hall–Kier alpha value is -0.750. The molecule has 100 valence electrons. The zero-order chi connectivity index (χ0) is 13.5. The van der Waals surface area contributed by atoms with E-state index in [0.717, 1.165) is 13.0 Å². The summed E-state index contributed by atoms with van der Waals surface area (Å²) >= 11 is 17.0. The summed E-state index contributed by atoms with van der Waals surface area (Å²) < 4.78 is 4.93. The summed E-state index contributed by atoms with van der Waals surface area (Å²) in [6.07, 6.45) is 0.877. The Morgan fingerprint density at radius 3 is 2.56 bits per heavy atom. The molecule has 0 radical (unpaired) electrons. The number of methoxy groups -OCH3 is 1. The van der Waals surface area contributed by atoms with Gasteiger partial charge in [0.25, 0.3) is 0 Å². The molecular formula is C11H15Cl2N3OS. The monoisotopic (exact) mass is 307 g/mol. The molecule has 4 N–H and O–H groups in total. The van der Waals surface area contributed by atoms with E-state index in [1.807, 2.05) is 0 Å². The van der Waals surface area contributed by atoms with Crippen LogP contribution >= 0.6 is 35.4 Å². The minimum absolute atomic E-state index is 0.364. The van der Waals surface area contributed by atoms with Crippen molar-refractivity contribution in [1.29, 1.82) is 0 Å². The van der Waals surface area contributed by atoms with Crippen LogP contribution in [0.25, 0.3) is 0 Å². The second kappa shape index (κ2) is 7.63. The summed E-state index contributed by atoms with van der Waals surface area (Å²) in [4.78, 5) is 0. The Kier molecular flexibility index (Phi) is 6.49. The Labute approximate surface area is 122 Å². The van der Waals surface area contributed by atoms with E-state index < -0.39 is 0 Å². The average Bonchev–Trinajstić information content (AvgIpc) is 2.31. The van der Waals surface area contributed by atoms with Crippen LogP contribution in [0, 0.1) is 0 Å². The second-order valence-corrected chi connectivity index (χ2v) is 4.80. The standard InChI is InChI=1S/C11H15Cl2N3OS/c1-17-4-2-3-15-11(18)16-7-5-8(12)10(14)9(13)6-7/h5-6H,2-4,14H2,1H3,(H2,15,16,18). The summed E-state index contributed by atoms with van der Waals surface area (Å²) in [6.45, 7) is 1.42. The molecule has 0 bridgehead atoms. The van der Waals surface area contributed by atoms with Crippen LogP contribution in [0.1, 0.15) is 6.42 Å². The van der Waals surface area contributed by atoms with Gasteiger partial charge in [-0.05, 0) is 30.8 Å². The third-order valence-corrected chi connectivity index (χ3v) is 3.02. The molecule has 1 aromatic rings. The van der Waals surface area contributed by atoms with Crippen LogP contribution in [-0.2, 0) is 4.74 Å². The van der Waals surface area contributed by atoms with Gasteiger partial charge in [0.2, 0.25) is 0 Å². The highest BCUT2D eigenvalue weighted by atomic mass is 35.5. The molecule has 18 heavy (non-hydrogen) atoms. The number of halogens is 2. The molecule has 0 aromatic heterocycles. The number of ether oxygens (including phenoxy) is 1. The van der Waals surface area contributed by atoms with Gasteiger partial charge in [0.05, 0.1) is 15.7 Å². The average molecular weight is 308 g/mol. The number of thiocarbonyl (C=S) groups is 1. The topological polar surface area (TPSA) is 59.3 Å². The molecule has 0 unspecified atom stereocenters. The fraction of sp³-hybridized carbons (Fsp3) is 0.364. The van der Waals surface area contributed by atoms with Gasteiger partial charge in [-0.2, -0.15) is 0 Å². The van der Waals surface area contributed by atoms with E-state index in [-0.39, 0.29) is 0 Å². The lowest BCUT2D eigenvalue weighted by Crippen LogP contribution is -2.29. The number of nitrogen functional groups attached to an aromatic ring is 1. The summed E-state index contributed by atoms with van der Waals surface area (Å²) in [5, 5.41) is 7.32. The zero-order valence-corrected chi connectivity index (χ0v) is 12.3. The van der Waals surface area contributed by atoms with Crippen molar-refractivity contribution in [3.05, 3.63) is 22.2 Å². The summed E-state index contributed by atoms with van der Waals surface area (Å²) in [6, 6.07) is 3.35. The van der Waals surface area contributed by atoms with E-state index in [4.69, 9.17) is 45.9 Å². The summed E-state index contributed by atoms with van der Waals surface area (Å²) in [5.41, 5.74) is 6.70. The number of anilines is 2. The maximum atomic E-state index is 5.92. The molecule has 0 fully saturated rings. The zero-order valence-electron chi connectivity index (χ0n) is 9.93. The number of benzene rings is 1. The van der Waals surface area contributed by atoms with E-state index in [9.17, 15) is 0 Å². The molecule has 0 saturated heterocycles. The van der Waals surface area contributed by atoms with Crippen molar-refractivity contribution in [3.8, 4) is 0 Å². The van der Waals surface area contributed by atoms with Gasteiger partial charge in [0, 0.05) is 25.9 Å². The van der Waals surface area contributed by atoms with Crippen LogP contribution < -0.4 is 16.4 Å². The van der Waals surface area contributed by atoms with Crippen LogP contribution in [0.2, 0.25) is 10.0 Å². The number of hydrogen-bond acceptors (Lipinski definition) is 3. The van der Waals surface area contributed by atoms with Crippen LogP contribution in [0.5, 0.6) is 0 Å². The molecule has 0 saturated carbocycles. The molecule has 0 aliphatic carbocycles. The van der Waals surface area contributed by atoms with E-state index in [1.54, 1.807) is 19.2 Å². The lowest BCUT2D eigenvalue weighted by atomic mass is 10.3. The number of hydrogen-bond donors (Lipinski definition) is 3. The van der Waals surface area contributed by atoms with Gasteiger partial charge in [-0.25, -0.2) is 0 Å². The molecular weight excluding hydrogens is 293 g/mol. The third-order valence-electron chi connectivity index (χ3n) is 2.15. The first-order valence-corrected chi connectivity index (χ1v) is 6.49. The molecule has 1 aromatic carbocycles.